The van der Waals surface area contributed by atoms with E-state index in [1.165, 1.54) is 0 Å². The molecule has 0 bridgehead atoms. The standard InChI is InChI=1S/C16H17BrClFN4O/c17-12-3-1-4-13(15(12)18)20-16(24)14-9-11-5-8-22(7-2-6-19)10-23(11)21-14/h1,3-4,9H,2,5-8,10H2,(H,20,24). The fraction of sp³-hybridized carbons (Fsp3) is 0.375. The van der Waals surface area contributed by atoms with Gasteiger partial charge in [-0.2, -0.15) is 5.10 Å². The molecule has 0 unspecified atom stereocenters. The number of carbonyl (C=O) groups is 1. The van der Waals surface area contributed by atoms with Gasteiger partial charge >= 0.3 is 0 Å². The number of nitrogens with zero attached hydrogens (tertiary/aromatic N) is 3. The summed E-state index contributed by atoms with van der Waals surface area (Å²) in [5.74, 6) is -0.299. The molecule has 2 heterocycles. The summed E-state index contributed by atoms with van der Waals surface area (Å²) in [7, 11) is 0. The molecule has 0 saturated carbocycles. The summed E-state index contributed by atoms with van der Waals surface area (Å²) in [6.07, 6.45) is 1.32. The molecule has 1 aromatic heterocycles. The number of hydrogen-bond acceptors (Lipinski definition) is 3. The average Bonchev–Trinajstić information content (AvgIpc) is 3.00. The number of benzene rings is 1. The van der Waals surface area contributed by atoms with E-state index >= 15 is 0 Å². The predicted octanol–water partition coefficient (Wildman–Crippen LogP) is 3.73. The van der Waals surface area contributed by atoms with Gasteiger partial charge in [0.2, 0.25) is 0 Å². The van der Waals surface area contributed by atoms with Crippen LogP contribution in [0, 0.1) is 0 Å². The second-order valence-electron chi connectivity index (χ2n) is 5.63. The van der Waals surface area contributed by atoms with Crippen molar-refractivity contribution in [3.8, 4) is 0 Å². The van der Waals surface area contributed by atoms with Crippen LogP contribution in [0.15, 0.2) is 28.7 Å². The summed E-state index contributed by atoms with van der Waals surface area (Å²) in [6, 6.07) is 7.14. The zero-order chi connectivity index (χ0) is 17.1. The van der Waals surface area contributed by atoms with E-state index in [0.29, 0.717) is 36.0 Å². The molecule has 8 heteroatoms. The van der Waals surface area contributed by atoms with Crippen LogP contribution in [0.3, 0.4) is 0 Å². The molecule has 24 heavy (non-hydrogen) atoms. The molecule has 1 amide bonds. The van der Waals surface area contributed by atoms with Crippen molar-refractivity contribution >= 4 is 39.1 Å². The van der Waals surface area contributed by atoms with Gasteiger partial charge in [0.25, 0.3) is 5.91 Å². The minimum absolute atomic E-state index is 0.299. The van der Waals surface area contributed by atoms with Gasteiger partial charge < -0.3 is 5.32 Å². The maximum Gasteiger partial charge on any atom is 0.276 e. The van der Waals surface area contributed by atoms with Crippen LogP contribution in [0.2, 0.25) is 5.02 Å². The normalized spacial score (nSPS) is 14.5. The zero-order valence-corrected chi connectivity index (χ0v) is 15.3. The number of amides is 1. The summed E-state index contributed by atoms with van der Waals surface area (Å²) in [6.45, 7) is 1.82. The molecule has 0 saturated heterocycles. The third-order valence-corrected chi connectivity index (χ3v) is 5.22. The number of anilines is 1. The average molecular weight is 416 g/mol. The first-order valence-corrected chi connectivity index (χ1v) is 8.86. The lowest BCUT2D eigenvalue weighted by Gasteiger charge is -2.27. The second kappa shape index (κ2) is 7.63. The lowest BCUT2D eigenvalue weighted by Crippen LogP contribution is -2.35. The minimum Gasteiger partial charge on any atom is -0.319 e. The fourth-order valence-electron chi connectivity index (χ4n) is 2.68. The van der Waals surface area contributed by atoms with Crippen molar-refractivity contribution in [2.24, 2.45) is 0 Å². The van der Waals surface area contributed by atoms with Crippen LogP contribution in [0.4, 0.5) is 10.1 Å². The zero-order valence-electron chi connectivity index (χ0n) is 12.9. The Morgan fingerprint density at radius 3 is 3.08 bits per heavy atom. The van der Waals surface area contributed by atoms with Crippen molar-refractivity contribution in [3.63, 3.8) is 0 Å². The van der Waals surface area contributed by atoms with E-state index in [1.54, 1.807) is 28.9 Å². The molecular formula is C16H17BrClFN4O. The number of hydrogen-bond donors (Lipinski definition) is 1. The molecule has 3 rings (SSSR count). The highest BCUT2D eigenvalue weighted by Gasteiger charge is 2.21. The van der Waals surface area contributed by atoms with Crippen LogP contribution >= 0.6 is 27.5 Å². The molecule has 1 aliphatic heterocycles. The summed E-state index contributed by atoms with van der Waals surface area (Å²) in [4.78, 5) is 14.6. The SMILES string of the molecule is O=C(Nc1cccc(Br)c1Cl)c1cc2n(n1)CN(CCCF)CC2. The van der Waals surface area contributed by atoms with E-state index < -0.39 is 0 Å². The van der Waals surface area contributed by atoms with Crippen molar-refractivity contribution in [2.75, 3.05) is 25.1 Å². The van der Waals surface area contributed by atoms with E-state index in [1.807, 2.05) is 0 Å². The number of carbonyl (C=O) groups excluding carboxylic acids is 1. The molecule has 0 spiro atoms. The highest BCUT2D eigenvalue weighted by Crippen LogP contribution is 2.30. The lowest BCUT2D eigenvalue weighted by molar-refractivity contribution is 0.102. The van der Waals surface area contributed by atoms with Crippen LogP contribution in [-0.2, 0) is 13.1 Å². The number of rotatable bonds is 5. The van der Waals surface area contributed by atoms with Gasteiger partial charge in [0, 0.05) is 29.7 Å². The second-order valence-corrected chi connectivity index (χ2v) is 6.86. The summed E-state index contributed by atoms with van der Waals surface area (Å²) >= 11 is 9.50. The minimum atomic E-state index is -0.316. The Hall–Kier alpha value is -1.44. The summed E-state index contributed by atoms with van der Waals surface area (Å²) in [5, 5.41) is 7.60. The third kappa shape index (κ3) is 3.79. The van der Waals surface area contributed by atoms with Gasteiger partial charge in [0.05, 0.1) is 24.1 Å². The Morgan fingerprint density at radius 1 is 1.46 bits per heavy atom. The maximum absolute atomic E-state index is 12.4. The van der Waals surface area contributed by atoms with Crippen LogP contribution in [0.1, 0.15) is 22.6 Å². The van der Waals surface area contributed by atoms with Crippen LogP contribution in [0.25, 0.3) is 0 Å². The molecule has 5 nitrogen and oxygen atoms in total. The van der Waals surface area contributed by atoms with E-state index in [0.717, 1.165) is 23.1 Å². The Morgan fingerprint density at radius 2 is 2.29 bits per heavy atom. The lowest BCUT2D eigenvalue weighted by atomic mass is 10.2. The first kappa shape index (κ1) is 17.4. The van der Waals surface area contributed by atoms with Crippen LogP contribution in [0.5, 0.6) is 0 Å². The molecular weight excluding hydrogens is 399 g/mol. The first-order valence-electron chi connectivity index (χ1n) is 7.69. The molecule has 0 atom stereocenters. The van der Waals surface area contributed by atoms with Crippen LogP contribution in [-0.4, -0.2) is 40.4 Å². The van der Waals surface area contributed by atoms with Gasteiger partial charge in [-0.1, -0.05) is 17.7 Å². The first-order chi connectivity index (χ1) is 11.6. The summed E-state index contributed by atoms with van der Waals surface area (Å²) < 4.78 is 14.8. The topological polar surface area (TPSA) is 50.2 Å². The van der Waals surface area contributed by atoms with Crippen LogP contribution < -0.4 is 5.32 Å². The fourth-order valence-corrected chi connectivity index (χ4v) is 3.21. The summed E-state index contributed by atoms with van der Waals surface area (Å²) in [5.41, 5.74) is 1.90. The van der Waals surface area contributed by atoms with E-state index in [4.69, 9.17) is 11.6 Å². The van der Waals surface area contributed by atoms with E-state index in [2.05, 4.69) is 31.2 Å². The largest absolute Gasteiger partial charge is 0.319 e. The molecule has 2 aromatic rings. The Labute approximate surface area is 152 Å². The molecule has 0 aliphatic carbocycles. The van der Waals surface area contributed by atoms with Gasteiger partial charge in [-0.05, 0) is 40.5 Å². The number of fused-ring (bicyclic) bond motifs is 1. The smallest absolute Gasteiger partial charge is 0.276 e. The molecule has 1 aromatic carbocycles. The molecule has 0 fully saturated rings. The number of halogens is 3. The Kier molecular flexibility index (Phi) is 5.53. The van der Waals surface area contributed by atoms with Gasteiger partial charge in [-0.3, -0.25) is 18.8 Å². The number of nitrogens with one attached hydrogen (secondary N) is 1. The quantitative estimate of drug-likeness (QED) is 0.809. The Balaban J connectivity index is 1.71. The van der Waals surface area contributed by atoms with E-state index in [-0.39, 0.29) is 12.6 Å². The molecule has 1 N–H and O–H groups in total. The Bertz CT molecular complexity index is 752. The van der Waals surface area contributed by atoms with Gasteiger partial charge in [-0.25, -0.2) is 0 Å². The number of aromatic nitrogens is 2. The third-order valence-electron chi connectivity index (χ3n) is 3.92. The monoisotopic (exact) mass is 414 g/mol. The highest BCUT2D eigenvalue weighted by molar-refractivity contribution is 9.10. The maximum atomic E-state index is 12.4. The van der Waals surface area contributed by atoms with Crippen molar-refractivity contribution < 1.29 is 9.18 Å². The molecule has 0 radical (unpaired) electrons. The van der Waals surface area contributed by atoms with Crippen molar-refractivity contribution in [1.82, 2.24) is 14.7 Å². The molecule has 128 valence electrons. The van der Waals surface area contributed by atoms with Crippen molar-refractivity contribution in [3.05, 3.63) is 45.1 Å². The van der Waals surface area contributed by atoms with Gasteiger partial charge in [0.15, 0.2) is 5.69 Å². The van der Waals surface area contributed by atoms with Crippen molar-refractivity contribution in [1.29, 1.82) is 0 Å². The number of alkyl halides is 1. The highest BCUT2D eigenvalue weighted by atomic mass is 79.9. The van der Waals surface area contributed by atoms with Crippen molar-refractivity contribution in [2.45, 2.75) is 19.5 Å². The van der Waals surface area contributed by atoms with Gasteiger partial charge in [-0.15, -0.1) is 0 Å². The van der Waals surface area contributed by atoms with E-state index in [9.17, 15) is 9.18 Å². The molecule has 1 aliphatic rings. The van der Waals surface area contributed by atoms with Gasteiger partial charge in [0.1, 0.15) is 0 Å². The predicted molar refractivity (Wildman–Crippen MR) is 95.2 cm³/mol.